The number of benzene rings is 2. The minimum atomic E-state index is -3.72. The maximum absolute atomic E-state index is 13.7. The summed E-state index contributed by atoms with van der Waals surface area (Å²) in [6.45, 7) is 8.19. The van der Waals surface area contributed by atoms with E-state index in [4.69, 9.17) is 4.74 Å². The molecule has 0 radical (unpaired) electrons. The van der Waals surface area contributed by atoms with Crippen LogP contribution in [0.1, 0.15) is 44.9 Å². The highest BCUT2D eigenvalue weighted by atomic mass is 32.2. The van der Waals surface area contributed by atoms with E-state index in [1.807, 2.05) is 44.2 Å². The molecule has 0 spiro atoms. The number of nitrogens with one attached hydrogen (secondary N) is 1. The van der Waals surface area contributed by atoms with E-state index >= 15 is 0 Å². The molecule has 1 aromatic heterocycles. The summed E-state index contributed by atoms with van der Waals surface area (Å²) in [5.74, 6) is 0.763. The quantitative estimate of drug-likeness (QED) is 0.522. The second kappa shape index (κ2) is 9.63. The van der Waals surface area contributed by atoms with Crippen molar-refractivity contribution in [3.05, 3.63) is 53.7 Å². The van der Waals surface area contributed by atoms with Gasteiger partial charge in [-0.3, -0.25) is 9.40 Å². The van der Waals surface area contributed by atoms with Gasteiger partial charge >= 0.3 is 0 Å². The van der Waals surface area contributed by atoms with Crippen molar-refractivity contribution >= 4 is 26.6 Å². The Bertz CT molecular complexity index is 1150. The van der Waals surface area contributed by atoms with Crippen molar-refractivity contribution in [2.24, 2.45) is 11.8 Å². The van der Waals surface area contributed by atoms with Crippen molar-refractivity contribution in [2.45, 2.75) is 51.3 Å². The summed E-state index contributed by atoms with van der Waals surface area (Å²) in [6.07, 6.45) is 3.93. The first-order chi connectivity index (χ1) is 15.4. The minimum Gasteiger partial charge on any atom is -0.381 e. The van der Waals surface area contributed by atoms with Gasteiger partial charge in [-0.15, -0.1) is 0 Å². The average Bonchev–Trinajstić information content (AvgIpc) is 3.20. The number of H-pyrrole nitrogens is 1. The Morgan fingerprint density at radius 3 is 2.50 bits per heavy atom. The molecule has 1 aliphatic rings. The fourth-order valence-corrected chi connectivity index (χ4v) is 5.95. The molecule has 1 fully saturated rings. The number of rotatable bonds is 8. The van der Waals surface area contributed by atoms with Crippen LogP contribution in [0, 0.1) is 11.8 Å². The maximum atomic E-state index is 13.7. The van der Waals surface area contributed by atoms with Crippen molar-refractivity contribution in [3.8, 4) is 0 Å². The third-order valence-corrected chi connectivity index (χ3v) is 7.98. The summed E-state index contributed by atoms with van der Waals surface area (Å²) in [5.41, 5.74) is 3.65. The molecule has 0 aliphatic carbocycles. The topological polar surface area (TPSA) is 75.3 Å². The lowest BCUT2D eigenvalue weighted by atomic mass is 9.94. The Labute approximate surface area is 191 Å². The number of hydrogen-bond donors (Lipinski definition) is 1. The van der Waals surface area contributed by atoms with Gasteiger partial charge in [0.15, 0.2) is 0 Å². The smallest absolute Gasteiger partial charge is 0.264 e. The number of fused-ring (bicyclic) bond motifs is 1. The number of aromatic amines is 1. The van der Waals surface area contributed by atoms with Crippen molar-refractivity contribution in [2.75, 3.05) is 24.1 Å². The molecule has 6 nitrogen and oxygen atoms in total. The molecule has 0 bridgehead atoms. The molecule has 3 aromatic rings. The molecule has 1 aliphatic heterocycles. The molecule has 32 heavy (non-hydrogen) atoms. The number of aryl methyl sites for hydroxylation is 1. The highest BCUT2D eigenvalue weighted by Gasteiger charge is 2.27. The normalized spacial score (nSPS) is 15.5. The molecular weight excluding hydrogens is 422 g/mol. The van der Waals surface area contributed by atoms with E-state index in [1.54, 1.807) is 12.1 Å². The first-order valence-corrected chi connectivity index (χ1v) is 13.0. The van der Waals surface area contributed by atoms with E-state index < -0.39 is 10.0 Å². The Morgan fingerprint density at radius 1 is 1.12 bits per heavy atom. The van der Waals surface area contributed by atoms with Crippen LogP contribution in [0.15, 0.2) is 47.4 Å². The Kier molecular flexibility index (Phi) is 6.86. The Morgan fingerprint density at radius 2 is 1.84 bits per heavy atom. The van der Waals surface area contributed by atoms with Gasteiger partial charge < -0.3 is 4.74 Å². The van der Waals surface area contributed by atoms with Crippen LogP contribution in [-0.2, 0) is 27.6 Å². The van der Waals surface area contributed by atoms with Crippen LogP contribution in [0.25, 0.3) is 10.9 Å². The molecule has 2 heterocycles. The van der Waals surface area contributed by atoms with Gasteiger partial charge in [0.05, 0.1) is 16.1 Å². The van der Waals surface area contributed by atoms with Crippen LogP contribution in [0.4, 0.5) is 5.69 Å². The van der Waals surface area contributed by atoms with E-state index in [1.165, 1.54) is 9.87 Å². The summed E-state index contributed by atoms with van der Waals surface area (Å²) in [6, 6.07) is 13.1. The van der Waals surface area contributed by atoms with Crippen LogP contribution in [-0.4, -0.2) is 38.4 Å². The minimum absolute atomic E-state index is 0.191. The summed E-state index contributed by atoms with van der Waals surface area (Å²) in [7, 11) is -3.72. The molecule has 0 saturated carbocycles. The number of anilines is 1. The van der Waals surface area contributed by atoms with Crippen molar-refractivity contribution in [1.29, 1.82) is 0 Å². The lowest BCUT2D eigenvalue weighted by Gasteiger charge is -2.26. The average molecular weight is 456 g/mol. The second-order valence-electron chi connectivity index (χ2n) is 9.09. The SMILES string of the molecule is CCc1ccc(N(CC(C)C)S(=O)(=O)c2ccc3c(CC4CCOCC4)[nH]nc3c2)cc1. The van der Waals surface area contributed by atoms with Gasteiger partial charge in [0.25, 0.3) is 10.0 Å². The van der Waals surface area contributed by atoms with E-state index in [2.05, 4.69) is 17.1 Å². The molecule has 2 aromatic carbocycles. The van der Waals surface area contributed by atoms with Gasteiger partial charge in [-0.25, -0.2) is 8.42 Å². The van der Waals surface area contributed by atoms with E-state index in [-0.39, 0.29) is 10.8 Å². The van der Waals surface area contributed by atoms with Crippen LogP contribution in [0.5, 0.6) is 0 Å². The predicted molar refractivity (Wildman–Crippen MR) is 129 cm³/mol. The van der Waals surface area contributed by atoms with Crippen molar-refractivity contribution in [3.63, 3.8) is 0 Å². The third-order valence-electron chi connectivity index (χ3n) is 6.19. The fourth-order valence-electron chi connectivity index (χ4n) is 4.30. The first kappa shape index (κ1) is 22.8. The highest BCUT2D eigenvalue weighted by molar-refractivity contribution is 7.92. The molecule has 4 rings (SSSR count). The summed E-state index contributed by atoms with van der Waals surface area (Å²) < 4.78 is 34.3. The van der Waals surface area contributed by atoms with Gasteiger partial charge in [0, 0.05) is 30.8 Å². The number of nitrogens with zero attached hydrogens (tertiary/aromatic N) is 2. The van der Waals surface area contributed by atoms with Crippen molar-refractivity contribution < 1.29 is 13.2 Å². The first-order valence-electron chi connectivity index (χ1n) is 11.5. The number of aromatic nitrogens is 2. The molecule has 1 saturated heterocycles. The lowest BCUT2D eigenvalue weighted by Crippen LogP contribution is -2.34. The monoisotopic (exact) mass is 455 g/mol. The summed E-state index contributed by atoms with van der Waals surface area (Å²) in [4.78, 5) is 0.273. The zero-order chi connectivity index (χ0) is 22.7. The summed E-state index contributed by atoms with van der Waals surface area (Å²) in [5, 5.41) is 8.58. The number of ether oxygens (including phenoxy) is 1. The van der Waals surface area contributed by atoms with Crippen molar-refractivity contribution in [1.82, 2.24) is 10.2 Å². The van der Waals surface area contributed by atoms with E-state index in [0.717, 1.165) is 50.0 Å². The number of sulfonamides is 1. The summed E-state index contributed by atoms with van der Waals surface area (Å²) >= 11 is 0. The molecule has 0 amide bonds. The molecule has 7 heteroatoms. The van der Waals surface area contributed by atoms with Crippen LogP contribution in [0.2, 0.25) is 0 Å². The zero-order valence-corrected chi connectivity index (χ0v) is 20.0. The van der Waals surface area contributed by atoms with Crippen LogP contribution >= 0.6 is 0 Å². The lowest BCUT2D eigenvalue weighted by molar-refractivity contribution is 0.0663. The fraction of sp³-hybridized carbons (Fsp3) is 0.480. The van der Waals surface area contributed by atoms with Gasteiger partial charge in [-0.2, -0.15) is 5.10 Å². The molecule has 0 unspecified atom stereocenters. The highest BCUT2D eigenvalue weighted by Crippen LogP contribution is 2.29. The van der Waals surface area contributed by atoms with E-state index in [9.17, 15) is 8.42 Å². The van der Waals surface area contributed by atoms with E-state index in [0.29, 0.717) is 23.7 Å². The molecule has 1 N–H and O–H groups in total. The van der Waals surface area contributed by atoms with Gasteiger partial charge in [-0.1, -0.05) is 32.9 Å². The van der Waals surface area contributed by atoms with Gasteiger partial charge in [0.2, 0.25) is 0 Å². The number of hydrogen-bond acceptors (Lipinski definition) is 4. The third kappa shape index (κ3) is 4.84. The largest absolute Gasteiger partial charge is 0.381 e. The Hall–Kier alpha value is -2.38. The zero-order valence-electron chi connectivity index (χ0n) is 19.2. The molecular formula is C25H33N3O3S. The standard InChI is InChI=1S/C25H33N3O3S/c1-4-19-5-7-21(8-6-19)28(17-18(2)3)32(29,30)22-9-10-23-24(26-27-25(23)16-22)15-20-11-13-31-14-12-20/h5-10,16,18,20H,4,11-15,17H2,1-3H3,(H,26,27). The van der Waals surface area contributed by atoms with Gasteiger partial charge in [0.1, 0.15) is 0 Å². The Balaban J connectivity index is 1.65. The predicted octanol–water partition coefficient (Wildman–Crippen LogP) is 4.95. The molecule has 0 atom stereocenters. The maximum Gasteiger partial charge on any atom is 0.264 e. The second-order valence-corrected chi connectivity index (χ2v) is 11.0. The van der Waals surface area contributed by atoms with Gasteiger partial charge in [-0.05, 0) is 73.4 Å². The van der Waals surface area contributed by atoms with Crippen LogP contribution < -0.4 is 4.31 Å². The van der Waals surface area contributed by atoms with Crippen LogP contribution in [0.3, 0.4) is 0 Å². The molecule has 172 valence electrons.